The van der Waals surface area contributed by atoms with Crippen LogP contribution in [0.4, 0.5) is 0 Å². The van der Waals surface area contributed by atoms with E-state index in [1.54, 1.807) is 6.20 Å². The van der Waals surface area contributed by atoms with Gasteiger partial charge in [0.25, 0.3) is 5.91 Å². The number of fused-ring (bicyclic) bond motifs is 1. The number of rotatable bonds is 5. The molecule has 0 aliphatic rings. The van der Waals surface area contributed by atoms with E-state index in [2.05, 4.69) is 22.4 Å². The van der Waals surface area contributed by atoms with Crippen LogP contribution in [0.25, 0.3) is 10.9 Å². The molecule has 0 aliphatic carbocycles. The third-order valence-electron chi connectivity index (χ3n) is 3.66. The first-order chi connectivity index (χ1) is 10.8. The summed E-state index contributed by atoms with van der Waals surface area (Å²) >= 11 is 0. The molecule has 3 aromatic rings. The smallest absolute Gasteiger partial charge is 0.251 e. The number of hydrogen-bond donors (Lipinski definition) is 1. The molecule has 0 radical (unpaired) electrons. The molecule has 3 nitrogen and oxygen atoms in total. The van der Waals surface area contributed by atoms with Crippen LogP contribution >= 0.6 is 0 Å². The summed E-state index contributed by atoms with van der Waals surface area (Å²) < 4.78 is 0. The van der Waals surface area contributed by atoms with Crippen molar-refractivity contribution >= 4 is 16.8 Å². The molecule has 1 amide bonds. The minimum absolute atomic E-state index is 0.0355. The maximum atomic E-state index is 12.3. The van der Waals surface area contributed by atoms with Gasteiger partial charge in [-0.2, -0.15) is 0 Å². The van der Waals surface area contributed by atoms with Crippen molar-refractivity contribution in [2.75, 3.05) is 6.54 Å². The molecular formula is C19H18N2O. The van der Waals surface area contributed by atoms with Crippen LogP contribution in [0.5, 0.6) is 0 Å². The Balaban J connectivity index is 1.60. The molecule has 0 unspecified atom stereocenters. The quantitative estimate of drug-likeness (QED) is 0.730. The largest absolute Gasteiger partial charge is 0.352 e. The Morgan fingerprint density at radius 1 is 0.955 bits per heavy atom. The van der Waals surface area contributed by atoms with E-state index in [1.807, 2.05) is 48.5 Å². The first-order valence-corrected chi connectivity index (χ1v) is 7.50. The zero-order chi connectivity index (χ0) is 15.2. The van der Waals surface area contributed by atoms with Crippen LogP contribution in [0.3, 0.4) is 0 Å². The Morgan fingerprint density at radius 3 is 2.68 bits per heavy atom. The van der Waals surface area contributed by atoms with Crippen LogP contribution in [0, 0.1) is 0 Å². The maximum Gasteiger partial charge on any atom is 0.251 e. The van der Waals surface area contributed by atoms with Crippen molar-refractivity contribution in [3.05, 3.63) is 78.0 Å². The molecule has 1 heterocycles. The number of benzene rings is 2. The second-order valence-electron chi connectivity index (χ2n) is 5.22. The molecule has 0 saturated carbocycles. The average Bonchev–Trinajstić information content (AvgIpc) is 2.59. The second-order valence-corrected chi connectivity index (χ2v) is 5.22. The summed E-state index contributed by atoms with van der Waals surface area (Å²) in [6.45, 7) is 0.671. The normalized spacial score (nSPS) is 10.5. The Labute approximate surface area is 130 Å². The lowest BCUT2D eigenvalue weighted by atomic mass is 10.1. The Morgan fingerprint density at radius 2 is 1.82 bits per heavy atom. The van der Waals surface area contributed by atoms with E-state index in [4.69, 9.17) is 0 Å². The molecule has 2 aromatic carbocycles. The summed E-state index contributed by atoms with van der Waals surface area (Å²) in [6.07, 6.45) is 3.64. The highest BCUT2D eigenvalue weighted by atomic mass is 16.1. The van der Waals surface area contributed by atoms with Crippen molar-refractivity contribution in [3.63, 3.8) is 0 Å². The lowest BCUT2D eigenvalue weighted by Crippen LogP contribution is -2.25. The molecule has 0 saturated heterocycles. The molecule has 1 N–H and O–H groups in total. The highest BCUT2D eigenvalue weighted by Crippen LogP contribution is 2.16. The summed E-state index contributed by atoms with van der Waals surface area (Å²) in [4.78, 5) is 16.6. The summed E-state index contributed by atoms with van der Waals surface area (Å²) in [5, 5.41) is 3.89. The monoisotopic (exact) mass is 290 g/mol. The van der Waals surface area contributed by atoms with E-state index in [0.29, 0.717) is 12.1 Å². The van der Waals surface area contributed by atoms with Crippen molar-refractivity contribution in [1.82, 2.24) is 10.3 Å². The predicted molar refractivity (Wildman–Crippen MR) is 88.8 cm³/mol. The molecule has 0 aliphatic heterocycles. The highest BCUT2D eigenvalue weighted by molar-refractivity contribution is 6.06. The predicted octanol–water partition coefficient (Wildman–Crippen LogP) is 3.60. The zero-order valence-electron chi connectivity index (χ0n) is 12.3. The number of aryl methyl sites for hydroxylation is 1. The number of carbonyl (C=O) groups excluding carboxylic acids is 1. The molecule has 3 heteroatoms. The number of pyridine rings is 1. The number of aromatic nitrogens is 1. The van der Waals surface area contributed by atoms with Gasteiger partial charge in [0, 0.05) is 23.7 Å². The Hall–Kier alpha value is -2.68. The van der Waals surface area contributed by atoms with Gasteiger partial charge in [-0.3, -0.25) is 9.78 Å². The second kappa shape index (κ2) is 6.85. The van der Waals surface area contributed by atoms with Gasteiger partial charge in [0.15, 0.2) is 0 Å². The third-order valence-corrected chi connectivity index (χ3v) is 3.66. The van der Waals surface area contributed by atoms with Gasteiger partial charge >= 0.3 is 0 Å². The number of amides is 1. The number of nitrogens with zero attached hydrogens (tertiary/aromatic N) is 1. The van der Waals surface area contributed by atoms with Crippen molar-refractivity contribution in [2.45, 2.75) is 12.8 Å². The Kier molecular flexibility index (Phi) is 4.44. The minimum Gasteiger partial charge on any atom is -0.352 e. The summed E-state index contributed by atoms with van der Waals surface area (Å²) in [5.74, 6) is -0.0355. The van der Waals surface area contributed by atoms with Gasteiger partial charge < -0.3 is 5.32 Å². The summed E-state index contributed by atoms with van der Waals surface area (Å²) in [5.41, 5.74) is 2.83. The van der Waals surface area contributed by atoms with Gasteiger partial charge in [-0.15, -0.1) is 0 Å². The lowest BCUT2D eigenvalue weighted by molar-refractivity contribution is 0.0955. The highest BCUT2D eigenvalue weighted by Gasteiger charge is 2.09. The average molecular weight is 290 g/mol. The zero-order valence-corrected chi connectivity index (χ0v) is 12.3. The van der Waals surface area contributed by atoms with Crippen LogP contribution < -0.4 is 5.32 Å². The van der Waals surface area contributed by atoms with Crippen molar-refractivity contribution in [3.8, 4) is 0 Å². The fourth-order valence-electron chi connectivity index (χ4n) is 2.54. The third kappa shape index (κ3) is 3.31. The summed E-state index contributed by atoms with van der Waals surface area (Å²) in [7, 11) is 0. The van der Waals surface area contributed by atoms with Crippen molar-refractivity contribution < 1.29 is 4.79 Å². The van der Waals surface area contributed by atoms with E-state index >= 15 is 0 Å². The van der Waals surface area contributed by atoms with Gasteiger partial charge in [-0.25, -0.2) is 0 Å². The fourth-order valence-corrected chi connectivity index (χ4v) is 2.54. The van der Waals surface area contributed by atoms with E-state index < -0.39 is 0 Å². The van der Waals surface area contributed by atoms with Crippen LogP contribution in [-0.4, -0.2) is 17.4 Å². The summed E-state index contributed by atoms with van der Waals surface area (Å²) in [6, 6.07) is 19.7. The molecule has 0 bridgehead atoms. The maximum absolute atomic E-state index is 12.3. The number of carbonyl (C=O) groups is 1. The van der Waals surface area contributed by atoms with Gasteiger partial charge in [-0.1, -0.05) is 42.5 Å². The van der Waals surface area contributed by atoms with E-state index in [1.165, 1.54) is 5.56 Å². The lowest BCUT2D eigenvalue weighted by Gasteiger charge is -2.07. The topological polar surface area (TPSA) is 42.0 Å². The van der Waals surface area contributed by atoms with E-state index in [0.717, 1.165) is 23.7 Å². The van der Waals surface area contributed by atoms with Gasteiger partial charge in [0.1, 0.15) is 0 Å². The fraction of sp³-hybridized carbons (Fsp3) is 0.158. The number of hydrogen-bond acceptors (Lipinski definition) is 2. The SMILES string of the molecule is O=C(NCCCc1ccccc1)c1cccc2ncccc12. The minimum atomic E-state index is -0.0355. The van der Waals surface area contributed by atoms with Gasteiger partial charge in [0.2, 0.25) is 0 Å². The number of nitrogens with one attached hydrogen (secondary N) is 1. The molecule has 110 valence electrons. The van der Waals surface area contributed by atoms with Gasteiger partial charge in [0.05, 0.1) is 5.52 Å². The molecule has 3 rings (SSSR count). The van der Waals surface area contributed by atoms with Crippen LogP contribution in [0.1, 0.15) is 22.3 Å². The first-order valence-electron chi connectivity index (χ1n) is 7.50. The van der Waals surface area contributed by atoms with Crippen molar-refractivity contribution in [1.29, 1.82) is 0 Å². The van der Waals surface area contributed by atoms with Gasteiger partial charge in [-0.05, 0) is 36.6 Å². The van der Waals surface area contributed by atoms with Crippen molar-refractivity contribution in [2.24, 2.45) is 0 Å². The van der Waals surface area contributed by atoms with E-state index in [-0.39, 0.29) is 5.91 Å². The molecule has 1 aromatic heterocycles. The molecule has 22 heavy (non-hydrogen) atoms. The van der Waals surface area contributed by atoms with Crippen LogP contribution in [0.15, 0.2) is 66.9 Å². The molecular weight excluding hydrogens is 272 g/mol. The molecule has 0 spiro atoms. The molecule has 0 fully saturated rings. The van der Waals surface area contributed by atoms with Crippen LogP contribution in [-0.2, 0) is 6.42 Å². The standard InChI is InChI=1S/C19H18N2O/c22-19(21-14-5-9-15-7-2-1-3-8-15)17-10-4-12-18-16(17)11-6-13-20-18/h1-4,6-8,10-13H,5,9,14H2,(H,21,22). The molecule has 0 atom stereocenters. The Bertz CT molecular complexity index is 763. The van der Waals surface area contributed by atoms with Crippen LogP contribution in [0.2, 0.25) is 0 Å². The first kappa shape index (κ1) is 14.3. The van der Waals surface area contributed by atoms with E-state index in [9.17, 15) is 4.79 Å².